The monoisotopic (exact) mass is 532 g/mol. The molecule has 0 saturated carbocycles. The maximum Gasteiger partial charge on any atom is 0.253 e. The fraction of sp³-hybridized carbons (Fsp3) is 0.448. The Balaban J connectivity index is 1.68. The zero-order valence-electron chi connectivity index (χ0n) is 23.2. The third-order valence-corrected chi connectivity index (χ3v) is 7.12. The van der Waals surface area contributed by atoms with Gasteiger partial charge in [0.05, 0.1) is 25.9 Å². The first-order valence-corrected chi connectivity index (χ1v) is 13.2. The lowest BCUT2D eigenvalue weighted by molar-refractivity contribution is 0.0564. The Bertz CT molecular complexity index is 1470. The minimum Gasteiger partial charge on any atom is -0.497 e. The summed E-state index contributed by atoms with van der Waals surface area (Å²) in [4.78, 5) is 19.1. The fourth-order valence-electron chi connectivity index (χ4n) is 5.15. The first-order valence-electron chi connectivity index (χ1n) is 13.2. The van der Waals surface area contributed by atoms with E-state index in [9.17, 15) is 4.79 Å². The maximum atomic E-state index is 13.7. The molecule has 2 atom stereocenters. The van der Waals surface area contributed by atoms with Crippen LogP contribution in [0, 0.1) is 0 Å². The van der Waals surface area contributed by atoms with Gasteiger partial charge in [0.2, 0.25) is 0 Å². The van der Waals surface area contributed by atoms with E-state index in [-0.39, 0.29) is 11.7 Å². The minimum absolute atomic E-state index is 0.0457. The number of rotatable bonds is 9. The number of ether oxygens (including phenoxy) is 3. The lowest BCUT2D eigenvalue weighted by Crippen LogP contribution is -2.40. The normalized spacial score (nSPS) is 16.6. The highest BCUT2D eigenvalue weighted by atomic mass is 16.5. The van der Waals surface area contributed by atoms with Crippen molar-refractivity contribution < 1.29 is 14.2 Å². The van der Waals surface area contributed by atoms with Gasteiger partial charge < -0.3 is 19.2 Å². The van der Waals surface area contributed by atoms with Crippen molar-refractivity contribution in [2.45, 2.75) is 57.8 Å². The molecule has 10 heteroatoms. The standard InChI is InChI=1S/C29H36N6O4/c1-29(2,3)35-27(31-32-33-35)26(24-16-20-15-22(38-5)12-13-25(20)30-28(24)36)34(18-23-7-6-14-39-23)17-19-8-10-21(37-4)11-9-19/h8-13,15-16,23,26H,6-7,14,17-18H2,1-5H3,(H,30,36). The zero-order chi connectivity index (χ0) is 27.6. The predicted octanol–water partition coefficient (Wildman–Crippen LogP) is 4.06. The van der Waals surface area contributed by atoms with Crippen LogP contribution in [0.3, 0.4) is 0 Å². The predicted molar refractivity (Wildman–Crippen MR) is 148 cm³/mol. The van der Waals surface area contributed by atoms with E-state index >= 15 is 0 Å². The lowest BCUT2D eigenvalue weighted by Gasteiger charge is -2.34. The third-order valence-electron chi connectivity index (χ3n) is 7.12. The van der Waals surface area contributed by atoms with Crippen molar-refractivity contribution in [1.29, 1.82) is 0 Å². The van der Waals surface area contributed by atoms with Gasteiger partial charge in [-0.15, -0.1) is 5.10 Å². The number of hydrogen-bond donors (Lipinski definition) is 1. The molecule has 0 spiro atoms. The fourth-order valence-corrected chi connectivity index (χ4v) is 5.15. The van der Waals surface area contributed by atoms with Crippen molar-refractivity contribution in [3.63, 3.8) is 0 Å². The summed E-state index contributed by atoms with van der Waals surface area (Å²) in [5, 5.41) is 13.8. The van der Waals surface area contributed by atoms with E-state index < -0.39 is 11.6 Å². The molecular formula is C29H36N6O4. The molecule has 10 nitrogen and oxygen atoms in total. The summed E-state index contributed by atoms with van der Waals surface area (Å²) in [7, 11) is 3.29. The van der Waals surface area contributed by atoms with Crippen LogP contribution in [-0.2, 0) is 16.8 Å². The van der Waals surface area contributed by atoms with Gasteiger partial charge >= 0.3 is 0 Å². The SMILES string of the molecule is COc1ccc(CN(CC2CCCO2)C(c2cc3cc(OC)ccc3[nH]c2=O)c2nnnn2C(C)(C)C)cc1. The summed E-state index contributed by atoms with van der Waals surface area (Å²) in [6.07, 6.45) is 2.02. The molecule has 3 heterocycles. The molecule has 2 aromatic heterocycles. The van der Waals surface area contributed by atoms with Crippen LogP contribution in [0.1, 0.15) is 56.6 Å². The first-order chi connectivity index (χ1) is 18.8. The summed E-state index contributed by atoms with van der Waals surface area (Å²) in [5.41, 5.74) is 1.78. The van der Waals surface area contributed by atoms with Crippen molar-refractivity contribution in [3.8, 4) is 11.5 Å². The van der Waals surface area contributed by atoms with E-state index in [1.807, 2.05) is 74.0 Å². The average molecular weight is 533 g/mol. The molecule has 4 aromatic rings. The Labute approximate surface area is 227 Å². The maximum absolute atomic E-state index is 13.7. The number of methoxy groups -OCH3 is 2. The van der Waals surface area contributed by atoms with Gasteiger partial charge in [-0.2, -0.15) is 0 Å². The second-order valence-electron chi connectivity index (χ2n) is 10.9. The van der Waals surface area contributed by atoms with Gasteiger partial charge in [0.1, 0.15) is 17.5 Å². The molecule has 1 aliphatic heterocycles. The van der Waals surface area contributed by atoms with Gasteiger partial charge in [0, 0.05) is 36.2 Å². The second-order valence-corrected chi connectivity index (χ2v) is 10.9. The number of pyridine rings is 1. The van der Waals surface area contributed by atoms with Gasteiger partial charge in [0.15, 0.2) is 5.82 Å². The molecule has 39 heavy (non-hydrogen) atoms. The number of aromatic amines is 1. The Morgan fingerprint density at radius 3 is 2.51 bits per heavy atom. The van der Waals surface area contributed by atoms with Crippen LogP contribution in [0.4, 0.5) is 0 Å². The number of tetrazole rings is 1. The number of nitrogens with one attached hydrogen (secondary N) is 1. The molecule has 206 valence electrons. The Kier molecular flexibility index (Phi) is 7.67. The molecule has 0 amide bonds. The second kappa shape index (κ2) is 11.2. The molecule has 1 fully saturated rings. The van der Waals surface area contributed by atoms with E-state index in [0.29, 0.717) is 30.2 Å². The molecule has 1 N–H and O–H groups in total. The molecule has 0 aliphatic carbocycles. The van der Waals surface area contributed by atoms with Crippen LogP contribution in [0.25, 0.3) is 10.9 Å². The van der Waals surface area contributed by atoms with Crippen molar-refractivity contribution >= 4 is 10.9 Å². The van der Waals surface area contributed by atoms with E-state index in [2.05, 4.69) is 25.4 Å². The number of nitrogens with zero attached hydrogens (tertiary/aromatic N) is 5. The number of benzene rings is 2. The largest absolute Gasteiger partial charge is 0.497 e. The molecule has 2 aromatic carbocycles. The van der Waals surface area contributed by atoms with Crippen LogP contribution < -0.4 is 15.0 Å². The summed E-state index contributed by atoms with van der Waals surface area (Å²) in [6, 6.07) is 15.0. The molecule has 0 bridgehead atoms. The Hall–Kier alpha value is -3.76. The smallest absolute Gasteiger partial charge is 0.253 e. The minimum atomic E-state index is -0.537. The molecule has 1 saturated heterocycles. The highest BCUT2D eigenvalue weighted by Gasteiger charge is 2.35. The summed E-state index contributed by atoms with van der Waals surface area (Å²) in [5.74, 6) is 2.10. The van der Waals surface area contributed by atoms with Crippen LogP contribution in [0.2, 0.25) is 0 Å². The highest BCUT2D eigenvalue weighted by molar-refractivity contribution is 5.80. The quantitative estimate of drug-likeness (QED) is 0.344. The highest BCUT2D eigenvalue weighted by Crippen LogP contribution is 2.32. The number of aromatic nitrogens is 5. The zero-order valence-corrected chi connectivity index (χ0v) is 23.2. The van der Waals surface area contributed by atoms with Gasteiger partial charge in [0.25, 0.3) is 5.56 Å². The van der Waals surface area contributed by atoms with E-state index in [4.69, 9.17) is 14.2 Å². The molecule has 0 radical (unpaired) electrons. The molecule has 1 aliphatic rings. The number of hydrogen-bond acceptors (Lipinski definition) is 8. The van der Waals surface area contributed by atoms with Crippen molar-refractivity contribution in [3.05, 3.63) is 75.8 Å². The van der Waals surface area contributed by atoms with Gasteiger partial charge in [-0.3, -0.25) is 9.69 Å². The van der Waals surface area contributed by atoms with Crippen molar-refractivity contribution in [1.82, 2.24) is 30.1 Å². The number of H-pyrrole nitrogens is 1. The van der Waals surface area contributed by atoms with Crippen molar-refractivity contribution in [2.24, 2.45) is 0 Å². The number of fused-ring (bicyclic) bond motifs is 1. The third kappa shape index (κ3) is 5.81. The summed E-state index contributed by atoms with van der Waals surface area (Å²) >= 11 is 0. The Morgan fingerprint density at radius 1 is 1.10 bits per heavy atom. The molecular weight excluding hydrogens is 496 g/mol. The van der Waals surface area contributed by atoms with E-state index in [0.717, 1.165) is 41.7 Å². The van der Waals surface area contributed by atoms with Crippen LogP contribution in [0.15, 0.2) is 53.3 Å². The van der Waals surface area contributed by atoms with Crippen LogP contribution in [-0.4, -0.2) is 63.6 Å². The average Bonchev–Trinajstić information content (AvgIpc) is 3.62. The lowest BCUT2D eigenvalue weighted by atomic mass is 10.00. The van der Waals surface area contributed by atoms with Gasteiger partial charge in [-0.1, -0.05) is 12.1 Å². The van der Waals surface area contributed by atoms with Crippen LogP contribution in [0.5, 0.6) is 11.5 Å². The Morgan fingerprint density at radius 2 is 1.85 bits per heavy atom. The van der Waals surface area contributed by atoms with Crippen LogP contribution >= 0.6 is 0 Å². The summed E-state index contributed by atoms with van der Waals surface area (Å²) in [6.45, 7) is 8.06. The molecule has 2 unspecified atom stereocenters. The topological polar surface area (TPSA) is 107 Å². The van der Waals surface area contributed by atoms with Gasteiger partial charge in [-0.25, -0.2) is 4.68 Å². The van der Waals surface area contributed by atoms with E-state index in [1.54, 1.807) is 14.2 Å². The van der Waals surface area contributed by atoms with Crippen molar-refractivity contribution in [2.75, 3.05) is 27.4 Å². The molecule has 5 rings (SSSR count). The van der Waals surface area contributed by atoms with E-state index in [1.165, 1.54) is 0 Å². The van der Waals surface area contributed by atoms with Gasteiger partial charge in [-0.05, 0) is 86.0 Å². The summed E-state index contributed by atoms with van der Waals surface area (Å²) < 4.78 is 18.7. The first kappa shape index (κ1) is 26.8.